The van der Waals surface area contributed by atoms with Crippen LogP contribution in [0.5, 0.6) is 0 Å². The van der Waals surface area contributed by atoms with Gasteiger partial charge in [-0.1, -0.05) is 49.4 Å². The molecule has 0 unspecified atom stereocenters. The molecule has 1 heterocycles. The zero-order chi connectivity index (χ0) is 12.1. The Morgan fingerprint density at radius 3 is 2.82 bits per heavy atom. The van der Waals surface area contributed by atoms with Gasteiger partial charge in [0.15, 0.2) is 0 Å². The minimum Gasteiger partial charge on any atom is -0.256 e. The molecule has 0 aliphatic carbocycles. The maximum absolute atomic E-state index is 4.52. The van der Waals surface area contributed by atoms with Crippen LogP contribution in [-0.4, -0.2) is 4.98 Å². The SMILES string of the molecule is C/C=C\C(=C/CC)c1nccc2ccccc12. The summed E-state index contributed by atoms with van der Waals surface area (Å²) in [6.45, 7) is 4.18. The Morgan fingerprint density at radius 1 is 1.24 bits per heavy atom. The summed E-state index contributed by atoms with van der Waals surface area (Å²) in [7, 11) is 0. The van der Waals surface area contributed by atoms with Gasteiger partial charge in [0.2, 0.25) is 0 Å². The molecule has 0 bridgehead atoms. The fraction of sp³-hybridized carbons (Fsp3) is 0.188. The maximum atomic E-state index is 4.52. The van der Waals surface area contributed by atoms with E-state index < -0.39 is 0 Å². The van der Waals surface area contributed by atoms with Crippen molar-refractivity contribution in [2.45, 2.75) is 20.3 Å². The van der Waals surface area contributed by atoms with Crippen LogP contribution in [0.1, 0.15) is 26.0 Å². The molecule has 0 fully saturated rings. The minimum atomic E-state index is 1.02. The monoisotopic (exact) mass is 223 g/mol. The van der Waals surface area contributed by atoms with E-state index in [-0.39, 0.29) is 0 Å². The van der Waals surface area contributed by atoms with Crippen molar-refractivity contribution < 1.29 is 0 Å². The third-order valence-corrected chi connectivity index (χ3v) is 2.72. The summed E-state index contributed by atoms with van der Waals surface area (Å²) in [5, 5.41) is 2.46. The maximum Gasteiger partial charge on any atom is 0.0776 e. The Kier molecular flexibility index (Phi) is 3.71. The van der Waals surface area contributed by atoms with Crippen molar-refractivity contribution >= 4 is 16.3 Å². The van der Waals surface area contributed by atoms with E-state index in [4.69, 9.17) is 0 Å². The molecular weight excluding hydrogens is 206 g/mol. The number of hydrogen-bond acceptors (Lipinski definition) is 1. The second kappa shape index (κ2) is 5.44. The molecule has 1 nitrogen and oxygen atoms in total. The highest BCUT2D eigenvalue weighted by molar-refractivity contribution is 5.94. The van der Waals surface area contributed by atoms with Gasteiger partial charge in [0.25, 0.3) is 0 Å². The first-order chi connectivity index (χ1) is 8.36. The largest absolute Gasteiger partial charge is 0.256 e. The molecule has 2 rings (SSSR count). The number of aromatic nitrogens is 1. The lowest BCUT2D eigenvalue weighted by Gasteiger charge is -2.06. The Morgan fingerprint density at radius 2 is 2.06 bits per heavy atom. The second-order valence-electron chi connectivity index (χ2n) is 3.95. The molecule has 0 N–H and O–H groups in total. The van der Waals surface area contributed by atoms with Crippen molar-refractivity contribution in [3.8, 4) is 0 Å². The first-order valence-electron chi connectivity index (χ1n) is 6.03. The van der Waals surface area contributed by atoms with Gasteiger partial charge in [-0.25, -0.2) is 0 Å². The highest BCUT2D eigenvalue weighted by atomic mass is 14.7. The Balaban J connectivity index is 2.65. The molecule has 0 atom stereocenters. The average molecular weight is 223 g/mol. The normalized spacial score (nSPS) is 12.5. The van der Waals surface area contributed by atoms with Crippen LogP contribution in [0.3, 0.4) is 0 Å². The van der Waals surface area contributed by atoms with Crippen LogP contribution in [-0.2, 0) is 0 Å². The third-order valence-electron chi connectivity index (χ3n) is 2.72. The summed E-state index contributed by atoms with van der Waals surface area (Å²) in [6.07, 6.45) is 9.30. The van der Waals surface area contributed by atoms with Crippen LogP contribution >= 0.6 is 0 Å². The first kappa shape index (κ1) is 11.6. The van der Waals surface area contributed by atoms with Gasteiger partial charge in [0.05, 0.1) is 5.69 Å². The molecule has 0 amide bonds. The Labute approximate surface area is 103 Å². The van der Waals surface area contributed by atoms with Gasteiger partial charge in [-0.3, -0.25) is 4.98 Å². The molecule has 1 aromatic carbocycles. The molecular formula is C16H17N. The third kappa shape index (κ3) is 2.44. The van der Waals surface area contributed by atoms with E-state index in [1.54, 1.807) is 0 Å². The van der Waals surface area contributed by atoms with Gasteiger partial charge in [-0.05, 0) is 30.4 Å². The van der Waals surface area contributed by atoms with Gasteiger partial charge in [0, 0.05) is 11.6 Å². The number of hydrogen-bond donors (Lipinski definition) is 0. The molecule has 0 radical (unpaired) electrons. The van der Waals surface area contributed by atoms with Crippen molar-refractivity contribution in [3.63, 3.8) is 0 Å². The number of benzene rings is 1. The van der Waals surface area contributed by atoms with Gasteiger partial charge in [-0.2, -0.15) is 0 Å². The van der Waals surface area contributed by atoms with Crippen LogP contribution < -0.4 is 0 Å². The first-order valence-corrected chi connectivity index (χ1v) is 6.03. The van der Waals surface area contributed by atoms with Crippen molar-refractivity contribution in [1.29, 1.82) is 0 Å². The number of pyridine rings is 1. The summed E-state index contributed by atoms with van der Waals surface area (Å²) in [6, 6.07) is 10.4. The predicted molar refractivity (Wildman–Crippen MR) is 74.8 cm³/mol. The highest BCUT2D eigenvalue weighted by Gasteiger charge is 2.04. The van der Waals surface area contributed by atoms with Crippen LogP contribution in [0.25, 0.3) is 16.3 Å². The quantitative estimate of drug-likeness (QED) is 0.693. The standard InChI is InChI=1S/C16H17N/c1-3-7-14(8-4-2)16-15-10-6-5-9-13(15)11-12-17-16/h3,5-12H,4H2,1-2H3/b7-3-,14-8+. The summed E-state index contributed by atoms with van der Waals surface area (Å²) >= 11 is 0. The van der Waals surface area contributed by atoms with Crippen molar-refractivity contribution in [2.24, 2.45) is 0 Å². The second-order valence-corrected chi connectivity index (χ2v) is 3.95. The minimum absolute atomic E-state index is 1.02. The summed E-state index contributed by atoms with van der Waals surface area (Å²) in [5.74, 6) is 0. The van der Waals surface area contributed by atoms with E-state index in [1.165, 1.54) is 16.3 Å². The van der Waals surface area contributed by atoms with Crippen LogP contribution in [0.15, 0.2) is 54.8 Å². The summed E-state index contributed by atoms with van der Waals surface area (Å²) in [5.41, 5.74) is 2.27. The van der Waals surface area contributed by atoms with E-state index >= 15 is 0 Å². The van der Waals surface area contributed by atoms with Gasteiger partial charge < -0.3 is 0 Å². The Hall–Kier alpha value is -1.89. The molecule has 0 saturated heterocycles. The van der Waals surface area contributed by atoms with Crippen molar-refractivity contribution in [1.82, 2.24) is 4.98 Å². The van der Waals surface area contributed by atoms with E-state index in [1.807, 2.05) is 13.1 Å². The van der Waals surface area contributed by atoms with Crippen molar-refractivity contribution in [3.05, 3.63) is 60.5 Å². The molecule has 0 aliphatic rings. The van der Waals surface area contributed by atoms with Crippen LogP contribution in [0.4, 0.5) is 0 Å². The van der Waals surface area contributed by atoms with E-state index in [0.29, 0.717) is 0 Å². The molecule has 1 aromatic heterocycles. The highest BCUT2D eigenvalue weighted by Crippen LogP contribution is 2.24. The van der Waals surface area contributed by atoms with E-state index in [9.17, 15) is 0 Å². The molecule has 86 valence electrons. The van der Waals surface area contributed by atoms with E-state index in [2.05, 4.69) is 60.5 Å². The topological polar surface area (TPSA) is 12.9 Å². The number of allylic oxidation sites excluding steroid dienone is 4. The fourth-order valence-corrected chi connectivity index (χ4v) is 1.99. The lowest BCUT2D eigenvalue weighted by atomic mass is 10.0. The van der Waals surface area contributed by atoms with Crippen LogP contribution in [0.2, 0.25) is 0 Å². The molecule has 1 heteroatoms. The number of rotatable bonds is 3. The van der Waals surface area contributed by atoms with E-state index in [0.717, 1.165) is 12.1 Å². The number of fused-ring (bicyclic) bond motifs is 1. The smallest absolute Gasteiger partial charge is 0.0776 e. The Bertz CT molecular complexity index is 559. The van der Waals surface area contributed by atoms with Crippen LogP contribution in [0, 0.1) is 0 Å². The molecule has 0 saturated carbocycles. The zero-order valence-electron chi connectivity index (χ0n) is 10.4. The lowest BCUT2D eigenvalue weighted by Crippen LogP contribution is -1.89. The van der Waals surface area contributed by atoms with Gasteiger partial charge in [0.1, 0.15) is 0 Å². The molecule has 2 aromatic rings. The van der Waals surface area contributed by atoms with Gasteiger partial charge >= 0.3 is 0 Å². The molecule has 17 heavy (non-hydrogen) atoms. The number of nitrogens with zero attached hydrogens (tertiary/aromatic N) is 1. The fourth-order valence-electron chi connectivity index (χ4n) is 1.99. The predicted octanol–water partition coefficient (Wildman–Crippen LogP) is 4.60. The average Bonchev–Trinajstić information content (AvgIpc) is 2.38. The summed E-state index contributed by atoms with van der Waals surface area (Å²) < 4.78 is 0. The zero-order valence-corrected chi connectivity index (χ0v) is 10.4. The summed E-state index contributed by atoms with van der Waals surface area (Å²) in [4.78, 5) is 4.52. The lowest BCUT2D eigenvalue weighted by molar-refractivity contribution is 1.22. The molecule has 0 aliphatic heterocycles. The van der Waals surface area contributed by atoms with Gasteiger partial charge in [-0.15, -0.1) is 0 Å². The van der Waals surface area contributed by atoms with Crippen molar-refractivity contribution in [2.75, 3.05) is 0 Å². The molecule has 0 spiro atoms.